The minimum atomic E-state index is -0.755. The Balaban J connectivity index is 2.10. The zero-order valence-electron chi connectivity index (χ0n) is 7.83. The number of hydrogen-bond acceptors (Lipinski definition) is 3. The molecule has 2 atom stereocenters. The highest BCUT2D eigenvalue weighted by Gasteiger charge is 2.45. The van der Waals surface area contributed by atoms with Crippen LogP contribution in [0, 0.1) is 0 Å². The summed E-state index contributed by atoms with van der Waals surface area (Å²) in [4.78, 5) is 13.5. The van der Waals surface area contributed by atoms with E-state index in [4.69, 9.17) is 11.5 Å². The number of nitrogens with two attached hydrogens (primary N) is 2. The minimum absolute atomic E-state index is 0.345. The summed E-state index contributed by atoms with van der Waals surface area (Å²) in [5.41, 5.74) is 10.5. The van der Waals surface area contributed by atoms with Crippen LogP contribution in [0.4, 0.5) is 0 Å². The van der Waals surface area contributed by atoms with Crippen molar-refractivity contribution >= 4 is 5.91 Å². The molecule has 2 heterocycles. The van der Waals surface area contributed by atoms with Gasteiger partial charge in [0, 0.05) is 12.6 Å². The van der Waals surface area contributed by atoms with E-state index in [1.54, 1.807) is 0 Å². The monoisotopic (exact) mass is 183 g/mol. The van der Waals surface area contributed by atoms with E-state index in [1.807, 2.05) is 0 Å². The molecule has 2 rings (SSSR count). The largest absolute Gasteiger partial charge is 0.368 e. The summed E-state index contributed by atoms with van der Waals surface area (Å²) in [6.45, 7) is 1.74. The molecule has 2 saturated heterocycles. The highest BCUT2D eigenvalue weighted by Crippen LogP contribution is 2.31. The molecular weight excluding hydrogens is 166 g/mol. The van der Waals surface area contributed by atoms with Crippen molar-refractivity contribution < 1.29 is 4.79 Å². The second-order valence-corrected chi connectivity index (χ2v) is 4.34. The number of piperidine rings is 1. The van der Waals surface area contributed by atoms with E-state index in [1.165, 1.54) is 19.3 Å². The van der Waals surface area contributed by atoms with Crippen molar-refractivity contribution in [1.82, 2.24) is 4.90 Å². The standard InChI is InChI=1S/C9H17N3O/c10-8(13)9(11)5-7-3-1-2-4-12(7)6-9/h7H,1-6,11H2,(H2,10,13). The van der Waals surface area contributed by atoms with Crippen LogP contribution < -0.4 is 11.5 Å². The quantitative estimate of drug-likeness (QED) is 0.571. The van der Waals surface area contributed by atoms with Gasteiger partial charge < -0.3 is 11.5 Å². The smallest absolute Gasteiger partial charge is 0.238 e. The van der Waals surface area contributed by atoms with E-state index in [0.29, 0.717) is 12.6 Å². The Bertz CT molecular complexity index is 215. The predicted molar refractivity (Wildman–Crippen MR) is 49.9 cm³/mol. The van der Waals surface area contributed by atoms with Crippen LogP contribution in [0.3, 0.4) is 0 Å². The van der Waals surface area contributed by atoms with E-state index in [9.17, 15) is 4.79 Å². The molecule has 0 radical (unpaired) electrons. The van der Waals surface area contributed by atoms with Crippen molar-refractivity contribution in [2.24, 2.45) is 11.5 Å². The van der Waals surface area contributed by atoms with E-state index < -0.39 is 5.54 Å². The van der Waals surface area contributed by atoms with Gasteiger partial charge in [0.15, 0.2) is 0 Å². The maximum atomic E-state index is 11.1. The molecule has 0 aromatic rings. The van der Waals surface area contributed by atoms with Crippen molar-refractivity contribution in [3.63, 3.8) is 0 Å². The summed E-state index contributed by atoms with van der Waals surface area (Å²) >= 11 is 0. The lowest BCUT2D eigenvalue weighted by Gasteiger charge is -2.28. The predicted octanol–water partition coefficient (Wildman–Crippen LogP) is -0.573. The molecule has 4 heteroatoms. The van der Waals surface area contributed by atoms with Gasteiger partial charge in [0.2, 0.25) is 5.91 Å². The Morgan fingerprint density at radius 1 is 1.46 bits per heavy atom. The molecule has 2 aliphatic rings. The Morgan fingerprint density at radius 3 is 2.85 bits per heavy atom. The van der Waals surface area contributed by atoms with Gasteiger partial charge in [-0.1, -0.05) is 6.42 Å². The molecular formula is C9H17N3O. The molecule has 0 saturated carbocycles. The third kappa shape index (κ3) is 1.44. The first-order valence-corrected chi connectivity index (χ1v) is 4.95. The molecule has 2 fully saturated rings. The van der Waals surface area contributed by atoms with Gasteiger partial charge in [-0.05, 0) is 25.8 Å². The molecule has 0 aliphatic carbocycles. The molecule has 0 bridgehead atoms. The molecule has 74 valence electrons. The number of fused-ring (bicyclic) bond motifs is 1. The van der Waals surface area contributed by atoms with E-state index in [2.05, 4.69) is 4.90 Å². The van der Waals surface area contributed by atoms with Crippen molar-refractivity contribution in [2.75, 3.05) is 13.1 Å². The van der Waals surface area contributed by atoms with E-state index >= 15 is 0 Å². The summed E-state index contributed by atoms with van der Waals surface area (Å²) in [7, 11) is 0. The van der Waals surface area contributed by atoms with Gasteiger partial charge in [0.05, 0.1) is 0 Å². The molecule has 4 N–H and O–H groups in total. The Labute approximate surface area is 78.2 Å². The summed E-state index contributed by atoms with van der Waals surface area (Å²) in [5, 5.41) is 0. The van der Waals surface area contributed by atoms with Crippen molar-refractivity contribution in [1.29, 1.82) is 0 Å². The highest BCUT2D eigenvalue weighted by molar-refractivity contribution is 5.85. The molecule has 2 unspecified atom stereocenters. The van der Waals surface area contributed by atoms with Crippen LogP contribution in [-0.2, 0) is 4.79 Å². The van der Waals surface area contributed by atoms with Crippen molar-refractivity contribution in [3.8, 4) is 0 Å². The SMILES string of the molecule is NC(=O)C1(N)CC2CCCCN2C1. The number of primary amides is 1. The summed E-state index contributed by atoms with van der Waals surface area (Å²) in [6.07, 6.45) is 4.41. The molecule has 1 amide bonds. The Morgan fingerprint density at radius 2 is 2.23 bits per heavy atom. The summed E-state index contributed by atoms with van der Waals surface area (Å²) in [5.74, 6) is -0.345. The highest BCUT2D eigenvalue weighted by atomic mass is 16.1. The van der Waals surface area contributed by atoms with Gasteiger partial charge in [0.1, 0.15) is 5.54 Å². The Hall–Kier alpha value is -0.610. The molecule has 0 aromatic carbocycles. The number of carbonyl (C=O) groups is 1. The fourth-order valence-corrected chi connectivity index (χ4v) is 2.53. The normalized spacial score (nSPS) is 40.2. The first-order valence-electron chi connectivity index (χ1n) is 4.95. The Kier molecular flexibility index (Phi) is 2.04. The average molecular weight is 183 g/mol. The third-order valence-corrected chi connectivity index (χ3v) is 3.32. The van der Waals surface area contributed by atoms with Crippen LogP contribution in [0.1, 0.15) is 25.7 Å². The molecule has 0 aromatic heterocycles. The number of amides is 1. The maximum absolute atomic E-state index is 11.1. The van der Waals surface area contributed by atoms with E-state index in [0.717, 1.165) is 13.0 Å². The van der Waals surface area contributed by atoms with Crippen LogP contribution in [0.25, 0.3) is 0 Å². The van der Waals surface area contributed by atoms with E-state index in [-0.39, 0.29) is 5.91 Å². The van der Waals surface area contributed by atoms with Crippen molar-refractivity contribution in [2.45, 2.75) is 37.3 Å². The zero-order valence-corrected chi connectivity index (χ0v) is 7.83. The van der Waals surface area contributed by atoms with Crippen LogP contribution in [-0.4, -0.2) is 35.5 Å². The second-order valence-electron chi connectivity index (χ2n) is 4.34. The number of rotatable bonds is 1. The zero-order chi connectivity index (χ0) is 9.47. The average Bonchev–Trinajstić information content (AvgIpc) is 2.42. The third-order valence-electron chi connectivity index (χ3n) is 3.32. The van der Waals surface area contributed by atoms with Crippen LogP contribution in [0.15, 0.2) is 0 Å². The first kappa shape index (κ1) is 8.97. The minimum Gasteiger partial charge on any atom is -0.368 e. The van der Waals surface area contributed by atoms with Gasteiger partial charge in [-0.3, -0.25) is 9.69 Å². The van der Waals surface area contributed by atoms with Crippen LogP contribution >= 0.6 is 0 Å². The topological polar surface area (TPSA) is 72.3 Å². The van der Waals surface area contributed by atoms with Gasteiger partial charge >= 0.3 is 0 Å². The van der Waals surface area contributed by atoms with Gasteiger partial charge in [-0.2, -0.15) is 0 Å². The maximum Gasteiger partial charge on any atom is 0.238 e. The van der Waals surface area contributed by atoms with Crippen molar-refractivity contribution in [3.05, 3.63) is 0 Å². The van der Waals surface area contributed by atoms with Crippen LogP contribution in [0.5, 0.6) is 0 Å². The fourth-order valence-electron chi connectivity index (χ4n) is 2.53. The van der Waals surface area contributed by atoms with Crippen LogP contribution in [0.2, 0.25) is 0 Å². The lowest BCUT2D eigenvalue weighted by molar-refractivity contribution is -0.122. The molecule has 2 aliphatic heterocycles. The number of hydrogen-bond donors (Lipinski definition) is 2. The van der Waals surface area contributed by atoms with Gasteiger partial charge in [0.25, 0.3) is 0 Å². The number of nitrogens with zero attached hydrogens (tertiary/aromatic N) is 1. The summed E-state index contributed by atoms with van der Waals surface area (Å²) in [6, 6.07) is 0.506. The summed E-state index contributed by atoms with van der Waals surface area (Å²) < 4.78 is 0. The fraction of sp³-hybridized carbons (Fsp3) is 0.889. The molecule has 13 heavy (non-hydrogen) atoms. The van der Waals surface area contributed by atoms with Gasteiger partial charge in [-0.25, -0.2) is 0 Å². The molecule has 0 spiro atoms. The first-order chi connectivity index (χ1) is 6.12. The number of carbonyl (C=O) groups excluding carboxylic acids is 1. The molecule has 4 nitrogen and oxygen atoms in total. The van der Waals surface area contributed by atoms with Gasteiger partial charge in [-0.15, -0.1) is 0 Å². The second kappa shape index (κ2) is 2.96. The lowest BCUT2D eigenvalue weighted by atomic mass is 9.94. The lowest BCUT2D eigenvalue weighted by Crippen LogP contribution is -2.53.